The second kappa shape index (κ2) is 4.96. The van der Waals surface area contributed by atoms with Crippen molar-refractivity contribution in [1.82, 2.24) is 0 Å². The van der Waals surface area contributed by atoms with E-state index in [4.69, 9.17) is 11.6 Å². The van der Waals surface area contributed by atoms with Gasteiger partial charge < -0.3 is 0 Å². The van der Waals surface area contributed by atoms with Crippen LogP contribution in [0.5, 0.6) is 0 Å². The first kappa shape index (κ1) is 18.2. The van der Waals surface area contributed by atoms with E-state index in [1.54, 1.807) is 0 Å². The van der Waals surface area contributed by atoms with E-state index >= 15 is 0 Å². The molecule has 0 fully saturated rings. The van der Waals surface area contributed by atoms with Crippen molar-refractivity contribution >= 4 is 17.4 Å². The number of carbonyl (C=O) groups is 1. The third-order valence-electron chi connectivity index (χ3n) is 2.03. The van der Waals surface area contributed by atoms with Crippen LogP contribution >= 0.6 is 11.6 Å². The second-order valence-electron chi connectivity index (χ2n) is 4.75. The van der Waals surface area contributed by atoms with Crippen LogP contribution in [0, 0.1) is 5.41 Å². The fraction of sp³-hybridized carbons (Fsp3) is 0.700. The summed E-state index contributed by atoms with van der Waals surface area (Å²) >= 11 is 5.40. The average molecular weight is 315 g/mol. The molecular weight excluding hydrogens is 305 g/mol. The zero-order valence-corrected chi connectivity index (χ0v) is 10.8. The van der Waals surface area contributed by atoms with Gasteiger partial charge in [0.15, 0.2) is 0 Å². The minimum absolute atomic E-state index is 0.110. The number of rotatable bonds is 3. The summed E-state index contributed by atoms with van der Waals surface area (Å²) in [6.07, 6.45) is -6.66. The van der Waals surface area contributed by atoms with Gasteiger partial charge >= 0.3 is 18.0 Å². The number of carbonyl (C=O) groups excluding carboxylic acids is 1. The maximum atomic E-state index is 12.9. The molecule has 112 valence electrons. The first-order chi connectivity index (χ1) is 8.05. The number of allylic oxidation sites excluding steroid dienone is 2. The number of hydrogen-bond donors (Lipinski definition) is 0. The predicted octanol–water partition coefficient (Wildman–Crippen LogP) is 4.56. The molecule has 0 aliphatic rings. The van der Waals surface area contributed by atoms with Crippen LogP contribution in [0.25, 0.3) is 0 Å². The largest absolute Gasteiger partial charge is 0.460 e. The van der Waals surface area contributed by atoms with Gasteiger partial charge in [0.2, 0.25) is 5.78 Å². The number of hydrogen-bond acceptors (Lipinski definition) is 1. The molecule has 0 bridgehead atoms. The summed E-state index contributed by atoms with van der Waals surface area (Å²) in [5.74, 6) is -15.1. The monoisotopic (exact) mass is 314 g/mol. The lowest BCUT2D eigenvalue weighted by Crippen LogP contribution is -2.55. The van der Waals surface area contributed by atoms with E-state index in [0.717, 1.165) is 0 Å². The highest BCUT2D eigenvalue weighted by molar-refractivity contribution is 6.31. The van der Waals surface area contributed by atoms with Crippen LogP contribution in [0.2, 0.25) is 0 Å². The molecular formula is C10H10ClF7O. The highest BCUT2D eigenvalue weighted by atomic mass is 35.5. The van der Waals surface area contributed by atoms with E-state index in [9.17, 15) is 35.5 Å². The summed E-state index contributed by atoms with van der Waals surface area (Å²) in [5, 5.41) is -0.560. The van der Waals surface area contributed by atoms with Crippen molar-refractivity contribution in [2.75, 3.05) is 0 Å². The molecule has 1 nitrogen and oxygen atoms in total. The maximum Gasteiger partial charge on any atom is 0.460 e. The predicted molar refractivity (Wildman–Crippen MR) is 54.3 cm³/mol. The smallest absolute Gasteiger partial charge is 0.288 e. The molecule has 19 heavy (non-hydrogen) atoms. The minimum Gasteiger partial charge on any atom is -0.288 e. The zero-order valence-electron chi connectivity index (χ0n) is 10.0. The first-order valence-electron chi connectivity index (χ1n) is 4.79. The van der Waals surface area contributed by atoms with Gasteiger partial charge in [0, 0.05) is 11.1 Å². The van der Waals surface area contributed by atoms with Gasteiger partial charge in [-0.05, 0) is 5.41 Å². The summed E-state index contributed by atoms with van der Waals surface area (Å²) in [6.45, 7) is 4.08. The molecule has 0 rings (SSSR count). The Morgan fingerprint density at radius 1 is 0.947 bits per heavy atom. The van der Waals surface area contributed by atoms with Crippen LogP contribution < -0.4 is 0 Å². The Kier molecular flexibility index (Phi) is 4.75. The molecule has 0 saturated heterocycles. The molecule has 0 radical (unpaired) electrons. The Morgan fingerprint density at radius 2 is 1.32 bits per heavy atom. The zero-order chi connectivity index (χ0) is 15.9. The van der Waals surface area contributed by atoms with Gasteiger partial charge in [-0.1, -0.05) is 32.4 Å². The van der Waals surface area contributed by atoms with Gasteiger partial charge in [-0.15, -0.1) is 0 Å². The van der Waals surface area contributed by atoms with Crippen molar-refractivity contribution in [1.29, 1.82) is 0 Å². The van der Waals surface area contributed by atoms with Crippen molar-refractivity contribution in [3.63, 3.8) is 0 Å². The molecule has 0 aromatic rings. The SMILES string of the molecule is CC(C)(C)/C(Cl)=C/C(=O)C(F)(F)C(F)(F)C(F)(F)F. The summed E-state index contributed by atoms with van der Waals surface area (Å²) in [6, 6.07) is 0. The van der Waals surface area contributed by atoms with E-state index in [1.165, 1.54) is 20.8 Å². The Labute approximate surface area is 109 Å². The summed E-state index contributed by atoms with van der Waals surface area (Å²) in [7, 11) is 0. The van der Waals surface area contributed by atoms with Gasteiger partial charge in [-0.3, -0.25) is 4.79 Å². The molecule has 0 N–H and O–H groups in total. The highest BCUT2D eigenvalue weighted by Gasteiger charge is 2.75. The van der Waals surface area contributed by atoms with Crippen molar-refractivity contribution in [2.45, 2.75) is 38.8 Å². The lowest BCUT2D eigenvalue weighted by atomic mass is 9.94. The van der Waals surface area contributed by atoms with Gasteiger partial charge in [0.25, 0.3) is 0 Å². The van der Waals surface area contributed by atoms with Crippen molar-refractivity contribution < 1.29 is 35.5 Å². The normalized spacial score (nSPS) is 15.6. The first-order valence-corrected chi connectivity index (χ1v) is 5.17. The van der Waals surface area contributed by atoms with Crippen LogP contribution in [0.15, 0.2) is 11.1 Å². The van der Waals surface area contributed by atoms with Crippen LogP contribution in [0.4, 0.5) is 30.7 Å². The summed E-state index contributed by atoms with van der Waals surface area (Å²) in [4.78, 5) is 10.9. The fourth-order valence-corrected chi connectivity index (χ4v) is 0.854. The molecule has 0 amide bonds. The van der Waals surface area contributed by atoms with Crippen LogP contribution in [-0.4, -0.2) is 23.8 Å². The second-order valence-corrected chi connectivity index (χ2v) is 5.16. The topological polar surface area (TPSA) is 17.1 Å². The van der Waals surface area contributed by atoms with Gasteiger partial charge in [0.05, 0.1) is 0 Å². The standard InChI is InChI=1S/C10H10ClF7O/c1-7(2,3)5(11)4-6(19)8(12,13)9(14,15)10(16,17)18/h4H,1-3H3/b5-4-. The molecule has 0 unspecified atom stereocenters. The van der Waals surface area contributed by atoms with Crippen LogP contribution in [-0.2, 0) is 4.79 Å². The quantitative estimate of drug-likeness (QED) is 0.551. The third kappa shape index (κ3) is 3.61. The molecule has 0 heterocycles. The minimum atomic E-state index is -6.55. The summed E-state index contributed by atoms with van der Waals surface area (Å²) in [5.41, 5.74) is -1.04. The molecule has 0 aromatic carbocycles. The third-order valence-corrected chi connectivity index (χ3v) is 2.71. The average Bonchev–Trinajstić information content (AvgIpc) is 2.13. The number of ketones is 1. The summed E-state index contributed by atoms with van der Waals surface area (Å²) < 4.78 is 86.4. The molecule has 9 heteroatoms. The Bertz CT molecular complexity index is 390. The maximum absolute atomic E-state index is 12.9. The molecule has 0 spiro atoms. The van der Waals surface area contributed by atoms with Gasteiger partial charge in [-0.25, -0.2) is 0 Å². The number of halogens is 8. The van der Waals surface area contributed by atoms with Gasteiger partial charge in [0.1, 0.15) is 0 Å². The molecule has 0 aliphatic carbocycles. The van der Waals surface area contributed by atoms with E-state index in [1.807, 2.05) is 0 Å². The molecule has 0 aliphatic heterocycles. The Morgan fingerprint density at radius 3 is 1.58 bits per heavy atom. The molecule has 0 atom stereocenters. The lowest BCUT2D eigenvalue weighted by Gasteiger charge is -2.26. The van der Waals surface area contributed by atoms with Crippen molar-refractivity contribution in [2.24, 2.45) is 5.41 Å². The van der Waals surface area contributed by atoms with E-state index in [2.05, 4.69) is 0 Å². The van der Waals surface area contributed by atoms with E-state index in [0.29, 0.717) is 0 Å². The van der Waals surface area contributed by atoms with Crippen LogP contribution in [0.1, 0.15) is 20.8 Å². The fourth-order valence-electron chi connectivity index (χ4n) is 0.755. The van der Waals surface area contributed by atoms with Crippen molar-refractivity contribution in [3.8, 4) is 0 Å². The molecule has 0 aromatic heterocycles. The lowest BCUT2D eigenvalue weighted by molar-refractivity contribution is -0.342. The number of alkyl halides is 7. The Hall–Kier alpha value is -0.790. The van der Waals surface area contributed by atoms with E-state index in [-0.39, 0.29) is 6.08 Å². The van der Waals surface area contributed by atoms with Crippen LogP contribution in [0.3, 0.4) is 0 Å². The highest BCUT2D eigenvalue weighted by Crippen LogP contribution is 2.47. The van der Waals surface area contributed by atoms with Crippen molar-refractivity contribution in [3.05, 3.63) is 11.1 Å². The van der Waals surface area contributed by atoms with E-state index < -0.39 is 34.3 Å². The Balaban J connectivity index is 5.54. The molecule has 0 saturated carbocycles. The van der Waals surface area contributed by atoms with Gasteiger partial charge in [-0.2, -0.15) is 30.7 Å².